The largest absolute Gasteiger partial charge is 0.393 e. The molecule has 2 heteroatoms. The fourth-order valence-electron chi connectivity index (χ4n) is 10.8. The average molecular weight is 457 g/mol. The highest BCUT2D eigenvalue weighted by atomic mass is 16.3. The van der Waals surface area contributed by atoms with Crippen LogP contribution in [0.25, 0.3) is 0 Å². The number of hydrogen-bond acceptors (Lipinski definition) is 2. The molecular weight excluding hydrogens is 404 g/mol. The first-order chi connectivity index (χ1) is 15.2. The van der Waals surface area contributed by atoms with Crippen LogP contribution in [0.2, 0.25) is 0 Å². The van der Waals surface area contributed by atoms with Crippen LogP contribution in [-0.2, 0) is 0 Å². The molecule has 0 bridgehead atoms. The van der Waals surface area contributed by atoms with Gasteiger partial charge in [-0.1, -0.05) is 65.3 Å². The molecule has 33 heavy (non-hydrogen) atoms. The Balaban J connectivity index is 1.68. The first kappa shape index (κ1) is 25.5. The Labute approximate surface area is 204 Å². The Morgan fingerprint density at radius 2 is 1.67 bits per heavy atom. The fraction of sp³-hybridized carbons (Fsp3) is 0.871. The van der Waals surface area contributed by atoms with Crippen molar-refractivity contribution in [3.05, 3.63) is 23.8 Å². The number of fused-ring (bicyclic) bond motifs is 5. The van der Waals surface area contributed by atoms with Crippen LogP contribution in [0, 0.1) is 51.2 Å². The predicted octanol–water partition coefficient (Wildman–Crippen LogP) is 7.55. The molecule has 0 aromatic heterocycles. The molecule has 0 heterocycles. The fourth-order valence-corrected chi connectivity index (χ4v) is 10.8. The zero-order chi connectivity index (χ0) is 24.6. The van der Waals surface area contributed by atoms with E-state index in [1.807, 2.05) is 0 Å². The second kappa shape index (κ2) is 8.22. The van der Waals surface area contributed by atoms with Gasteiger partial charge in [0.2, 0.25) is 0 Å². The topological polar surface area (TPSA) is 40.5 Å². The quantitative estimate of drug-likeness (QED) is 0.429. The van der Waals surface area contributed by atoms with E-state index < -0.39 is 0 Å². The molecule has 4 rings (SSSR count). The molecule has 0 unspecified atom stereocenters. The summed E-state index contributed by atoms with van der Waals surface area (Å²) in [5, 5.41) is 22.7. The third-order valence-electron chi connectivity index (χ3n) is 12.1. The van der Waals surface area contributed by atoms with Crippen molar-refractivity contribution < 1.29 is 10.2 Å². The smallest absolute Gasteiger partial charge is 0.0594 e. The molecule has 0 amide bonds. The van der Waals surface area contributed by atoms with E-state index in [1.165, 1.54) is 30.4 Å². The zero-order valence-corrected chi connectivity index (χ0v) is 22.9. The van der Waals surface area contributed by atoms with Crippen molar-refractivity contribution in [2.75, 3.05) is 0 Å². The molecule has 2 N–H and O–H groups in total. The van der Waals surface area contributed by atoms with E-state index in [1.54, 1.807) is 0 Å². The van der Waals surface area contributed by atoms with Crippen LogP contribution in [0.1, 0.15) is 107 Å². The first-order valence-corrected chi connectivity index (χ1v) is 13.9. The van der Waals surface area contributed by atoms with E-state index in [9.17, 15) is 10.2 Å². The van der Waals surface area contributed by atoms with Crippen molar-refractivity contribution in [2.45, 2.75) is 119 Å². The van der Waals surface area contributed by atoms with Gasteiger partial charge in [-0.05, 0) is 116 Å². The second-order valence-corrected chi connectivity index (χ2v) is 14.4. The summed E-state index contributed by atoms with van der Waals surface area (Å²) in [6.07, 6.45) is 10.6. The van der Waals surface area contributed by atoms with Crippen LogP contribution in [0.3, 0.4) is 0 Å². The Hall–Kier alpha value is -0.600. The molecular formula is C31H52O2. The molecule has 4 saturated carbocycles. The molecule has 188 valence electrons. The maximum absolute atomic E-state index is 11.8. The van der Waals surface area contributed by atoms with Gasteiger partial charge in [-0.25, -0.2) is 0 Å². The Bertz CT molecular complexity index is 806. The van der Waals surface area contributed by atoms with Crippen LogP contribution in [0.15, 0.2) is 23.8 Å². The number of aliphatic hydroxyl groups is 2. The second-order valence-electron chi connectivity index (χ2n) is 14.4. The molecule has 4 aliphatic carbocycles. The standard InChI is InChI=1S/C31H52O2/c1-19(2)11-10-12-20(3)22-13-16-30(8)26(22)23(32)17-24-29(7)15-14-25(33)28(5,6)27(29)21(4)18-31(24,30)9/h11,21-27,32-33H,3,10,12-18H2,1-2,4-9H3/t21-,22+,23+,24+,25-,26-,27-,29+,30+,31+/m0/s1. The number of hydrogen-bond donors (Lipinski definition) is 2. The molecule has 0 aromatic carbocycles. The van der Waals surface area contributed by atoms with E-state index in [2.05, 4.69) is 68.0 Å². The highest BCUT2D eigenvalue weighted by molar-refractivity contribution is 5.23. The minimum absolute atomic E-state index is 0.0616. The van der Waals surface area contributed by atoms with Gasteiger partial charge in [0, 0.05) is 0 Å². The van der Waals surface area contributed by atoms with Crippen molar-refractivity contribution in [3.8, 4) is 0 Å². The maximum Gasteiger partial charge on any atom is 0.0594 e. The summed E-state index contributed by atoms with van der Waals surface area (Å²) in [5.41, 5.74) is 3.26. The molecule has 2 nitrogen and oxygen atoms in total. The van der Waals surface area contributed by atoms with E-state index in [0.29, 0.717) is 29.6 Å². The van der Waals surface area contributed by atoms with Crippen LogP contribution in [0.5, 0.6) is 0 Å². The lowest BCUT2D eigenvalue weighted by Gasteiger charge is -2.72. The van der Waals surface area contributed by atoms with Gasteiger partial charge < -0.3 is 10.2 Å². The first-order valence-electron chi connectivity index (χ1n) is 13.9. The molecule has 0 radical (unpaired) electrons. The molecule has 10 atom stereocenters. The van der Waals surface area contributed by atoms with Crippen molar-refractivity contribution in [1.29, 1.82) is 0 Å². The minimum Gasteiger partial charge on any atom is -0.393 e. The third kappa shape index (κ3) is 3.55. The van der Waals surface area contributed by atoms with Crippen molar-refractivity contribution in [1.82, 2.24) is 0 Å². The third-order valence-corrected chi connectivity index (χ3v) is 12.1. The van der Waals surface area contributed by atoms with Crippen LogP contribution in [0.4, 0.5) is 0 Å². The molecule has 0 spiro atoms. The Kier molecular flexibility index (Phi) is 6.35. The van der Waals surface area contributed by atoms with Gasteiger partial charge in [-0.3, -0.25) is 0 Å². The van der Waals surface area contributed by atoms with E-state index in [0.717, 1.165) is 32.1 Å². The lowest BCUT2D eigenvalue weighted by molar-refractivity contribution is -0.256. The summed E-state index contributed by atoms with van der Waals surface area (Å²) < 4.78 is 0. The molecule has 4 fully saturated rings. The Morgan fingerprint density at radius 1 is 1.00 bits per heavy atom. The zero-order valence-electron chi connectivity index (χ0n) is 22.9. The Morgan fingerprint density at radius 3 is 2.30 bits per heavy atom. The summed E-state index contributed by atoms with van der Waals surface area (Å²) in [7, 11) is 0. The number of aliphatic hydroxyl groups excluding tert-OH is 2. The van der Waals surface area contributed by atoms with Gasteiger partial charge in [0.1, 0.15) is 0 Å². The summed E-state index contributed by atoms with van der Waals surface area (Å²) in [6.45, 7) is 23.7. The van der Waals surface area contributed by atoms with Gasteiger partial charge in [0.25, 0.3) is 0 Å². The van der Waals surface area contributed by atoms with E-state index in [4.69, 9.17) is 0 Å². The highest BCUT2D eigenvalue weighted by Gasteiger charge is 2.71. The molecule has 0 aromatic rings. The van der Waals surface area contributed by atoms with Gasteiger partial charge in [0.05, 0.1) is 12.2 Å². The lowest BCUT2D eigenvalue weighted by atomic mass is 9.33. The van der Waals surface area contributed by atoms with Gasteiger partial charge >= 0.3 is 0 Å². The molecule has 0 saturated heterocycles. The highest BCUT2D eigenvalue weighted by Crippen LogP contribution is 2.76. The van der Waals surface area contributed by atoms with Crippen LogP contribution < -0.4 is 0 Å². The van der Waals surface area contributed by atoms with Crippen molar-refractivity contribution >= 4 is 0 Å². The monoisotopic (exact) mass is 456 g/mol. The normalized spacial score (nSPS) is 50.7. The average Bonchev–Trinajstić information content (AvgIpc) is 3.07. The number of allylic oxidation sites excluding steroid dienone is 3. The SMILES string of the molecule is C=C(CCC=C(C)C)[C@H]1CC[C@]2(C)[C@@H]1[C@H](O)C[C@@H]1[C@@]3(C)CC[C@H](O)C(C)(C)[C@@H]3[C@@H](C)C[C@]12C. The van der Waals surface area contributed by atoms with Crippen LogP contribution >= 0.6 is 0 Å². The molecule has 4 aliphatic rings. The van der Waals surface area contributed by atoms with E-state index in [-0.39, 0.29) is 33.9 Å². The predicted molar refractivity (Wildman–Crippen MR) is 139 cm³/mol. The molecule has 0 aliphatic heterocycles. The van der Waals surface area contributed by atoms with Gasteiger partial charge in [0.15, 0.2) is 0 Å². The summed E-state index contributed by atoms with van der Waals surface area (Å²) in [4.78, 5) is 0. The lowest BCUT2D eigenvalue weighted by Crippen LogP contribution is -2.67. The maximum atomic E-state index is 11.8. The summed E-state index contributed by atoms with van der Waals surface area (Å²) in [5.74, 6) is 2.42. The van der Waals surface area contributed by atoms with Crippen molar-refractivity contribution in [3.63, 3.8) is 0 Å². The van der Waals surface area contributed by atoms with Gasteiger partial charge in [-0.2, -0.15) is 0 Å². The summed E-state index contributed by atoms with van der Waals surface area (Å²) >= 11 is 0. The minimum atomic E-state index is -0.235. The van der Waals surface area contributed by atoms with Crippen LogP contribution in [-0.4, -0.2) is 22.4 Å². The number of rotatable bonds is 4. The van der Waals surface area contributed by atoms with E-state index >= 15 is 0 Å². The van der Waals surface area contributed by atoms with Gasteiger partial charge in [-0.15, -0.1) is 0 Å². The van der Waals surface area contributed by atoms with Crippen molar-refractivity contribution in [2.24, 2.45) is 51.2 Å². The summed E-state index contributed by atoms with van der Waals surface area (Å²) in [6, 6.07) is 0.